The van der Waals surface area contributed by atoms with Gasteiger partial charge in [-0.25, -0.2) is 4.98 Å². The molecule has 3 aromatic heterocycles. The number of nitrogens with two attached hydrogens (primary N) is 2. The van der Waals surface area contributed by atoms with Gasteiger partial charge in [0.25, 0.3) is 0 Å². The molecule has 0 aliphatic rings. The molecule has 0 unspecified atom stereocenters. The lowest BCUT2D eigenvalue weighted by Crippen LogP contribution is -2.14. The van der Waals surface area contributed by atoms with Crippen molar-refractivity contribution in [2.45, 2.75) is 19.4 Å². The van der Waals surface area contributed by atoms with E-state index in [4.69, 9.17) is 11.5 Å². The molecule has 0 fully saturated rings. The molecule has 0 saturated heterocycles. The second kappa shape index (κ2) is 8.58. The summed E-state index contributed by atoms with van der Waals surface area (Å²) in [5, 5.41) is 10.2. The number of primary amides is 1. The second-order valence-electron chi connectivity index (χ2n) is 6.96. The number of amides is 1. The lowest BCUT2D eigenvalue weighted by molar-refractivity contribution is -0.136. The Morgan fingerprint density at radius 1 is 1.13 bits per heavy atom. The van der Waals surface area contributed by atoms with Crippen molar-refractivity contribution >= 4 is 23.2 Å². The fraction of sp³-hybridized carbons (Fsp3) is 0.136. The van der Waals surface area contributed by atoms with Crippen LogP contribution in [0.2, 0.25) is 0 Å². The minimum Gasteiger partial charge on any atom is -0.481 e. The van der Waals surface area contributed by atoms with Gasteiger partial charge in [-0.2, -0.15) is 0 Å². The van der Waals surface area contributed by atoms with E-state index in [-0.39, 0.29) is 13.0 Å². The molecule has 8 nitrogen and oxygen atoms in total. The predicted octanol–water partition coefficient (Wildman–Crippen LogP) is 2.97. The van der Waals surface area contributed by atoms with Gasteiger partial charge in [-0.1, -0.05) is 0 Å². The summed E-state index contributed by atoms with van der Waals surface area (Å²) >= 11 is 1.59. The normalized spacial score (nSPS) is 11.0. The molecule has 5 N–H and O–H groups in total. The first-order chi connectivity index (χ1) is 15.0. The van der Waals surface area contributed by atoms with E-state index in [1.54, 1.807) is 42.1 Å². The van der Waals surface area contributed by atoms with Crippen molar-refractivity contribution in [1.82, 2.24) is 14.1 Å². The Bertz CT molecular complexity index is 1240. The molecule has 31 heavy (non-hydrogen) atoms. The molecule has 1 aromatic carbocycles. The van der Waals surface area contributed by atoms with Crippen molar-refractivity contribution in [3.05, 3.63) is 78.0 Å². The summed E-state index contributed by atoms with van der Waals surface area (Å²) in [6.07, 6.45) is 5.70. The zero-order valence-corrected chi connectivity index (χ0v) is 17.4. The number of carboxylic acids is 1. The Balaban J connectivity index is 1.85. The third kappa shape index (κ3) is 4.14. The summed E-state index contributed by atoms with van der Waals surface area (Å²) in [6.45, 7) is 0.206. The number of aromatic nitrogens is 3. The summed E-state index contributed by atoms with van der Waals surface area (Å²) in [5.41, 5.74) is 15.1. The Labute approximate surface area is 182 Å². The Kier molecular flexibility index (Phi) is 5.70. The number of imidazole rings is 1. The number of aryl methyl sites for hydroxylation is 1. The van der Waals surface area contributed by atoms with E-state index < -0.39 is 11.9 Å². The van der Waals surface area contributed by atoms with Crippen LogP contribution in [-0.2, 0) is 17.8 Å². The zero-order valence-electron chi connectivity index (χ0n) is 16.6. The fourth-order valence-corrected chi connectivity index (χ4v) is 4.47. The van der Waals surface area contributed by atoms with Gasteiger partial charge in [0.15, 0.2) is 0 Å². The molecule has 0 aliphatic heterocycles. The summed E-state index contributed by atoms with van der Waals surface area (Å²) < 4.78 is 3.94. The van der Waals surface area contributed by atoms with Crippen molar-refractivity contribution in [3.63, 3.8) is 0 Å². The maximum Gasteiger partial charge on any atom is 0.303 e. The van der Waals surface area contributed by atoms with Crippen LogP contribution in [0.25, 0.3) is 21.3 Å². The van der Waals surface area contributed by atoms with Crippen LogP contribution in [0.15, 0.2) is 61.2 Å². The van der Waals surface area contributed by atoms with E-state index in [9.17, 15) is 14.7 Å². The first-order valence-corrected chi connectivity index (χ1v) is 10.4. The molecule has 0 bridgehead atoms. The summed E-state index contributed by atoms with van der Waals surface area (Å²) in [6, 6.07) is 13.1. The van der Waals surface area contributed by atoms with E-state index in [1.165, 1.54) is 0 Å². The predicted molar refractivity (Wildman–Crippen MR) is 119 cm³/mol. The van der Waals surface area contributed by atoms with Crippen LogP contribution in [-0.4, -0.2) is 31.1 Å². The maximum atomic E-state index is 11.6. The number of carboxylic acid groups (broad SMARTS) is 1. The largest absolute Gasteiger partial charge is 0.481 e. The molecule has 0 spiro atoms. The third-order valence-corrected chi connectivity index (χ3v) is 6.11. The Morgan fingerprint density at radius 2 is 1.97 bits per heavy atom. The molecular formula is C22H21N5O3S. The standard InChI is InChI=1S/C22H21N5O3S/c23-12-15-11-14(22(24)30)1-4-17(15)27-16(3-8-21(28)29)2-5-18(27)19-6-7-20(31-19)26-10-9-25-13-26/h1-2,4-7,9-11,13H,3,8,12,23H2,(H2,24,30)(H,28,29). The Hall–Kier alpha value is -3.69. The summed E-state index contributed by atoms with van der Waals surface area (Å²) in [4.78, 5) is 27.9. The molecule has 4 aromatic rings. The number of benzene rings is 1. The highest BCUT2D eigenvalue weighted by molar-refractivity contribution is 7.17. The van der Waals surface area contributed by atoms with Crippen LogP contribution in [0.3, 0.4) is 0 Å². The number of carbonyl (C=O) groups is 2. The molecular weight excluding hydrogens is 414 g/mol. The van der Waals surface area contributed by atoms with Crippen LogP contribution in [0.5, 0.6) is 0 Å². The number of hydrogen-bond donors (Lipinski definition) is 3. The van der Waals surface area contributed by atoms with Gasteiger partial charge in [0.2, 0.25) is 5.91 Å². The fourth-order valence-electron chi connectivity index (χ4n) is 3.50. The van der Waals surface area contributed by atoms with E-state index in [2.05, 4.69) is 4.98 Å². The number of aliphatic carboxylic acids is 1. The van der Waals surface area contributed by atoms with Crippen molar-refractivity contribution in [1.29, 1.82) is 0 Å². The maximum absolute atomic E-state index is 11.6. The molecule has 0 aliphatic carbocycles. The van der Waals surface area contributed by atoms with E-state index in [0.717, 1.165) is 32.5 Å². The number of nitrogens with zero attached hydrogens (tertiary/aromatic N) is 3. The lowest BCUT2D eigenvalue weighted by Gasteiger charge is -2.17. The first-order valence-electron chi connectivity index (χ1n) is 9.62. The first kappa shape index (κ1) is 20.6. The molecule has 3 heterocycles. The van der Waals surface area contributed by atoms with Crippen LogP contribution < -0.4 is 11.5 Å². The Morgan fingerprint density at radius 3 is 2.65 bits per heavy atom. The van der Waals surface area contributed by atoms with Crippen LogP contribution in [0.1, 0.15) is 28.0 Å². The van der Waals surface area contributed by atoms with Crippen LogP contribution >= 0.6 is 11.3 Å². The van der Waals surface area contributed by atoms with Gasteiger partial charge in [-0.05, 0) is 54.4 Å². The van der Waals surface area contributed by atoms with Crippen molar-refractivity contribution < 1.29 is 14.7 Å². The van der Waals surface area contributed by atoms with Crippen molar-refractivity contribution in [2.24, 2.45) is 11.5 Å². The van der Waals surface area contributed by atoms with Gasteiger partial charge in [0.1, 0.15) is 5.00 Å². The minimum absolute atomic E-state index is 0.00546. The third-order valence-electron chi connectivity index (χ3n) is 4.98. The van der Waals surface area contributed by atoms with Gasteiger partial charge >= 0.3 is 5.97 Å². The summed E-state index contributed by atoms with van der Waals surface area (Å²) in [7, 11) is 0. The number of rotatable bonds is 8. The van der Waals surface area contributed by atoms with Gasteiger partial charge in [0, 0.05) is 30.2 Å². The molecule has 9 heteroatoms. The van der Waals surface area contributed by atoms with Crippen LogP contribution in [0.4, 0.5) is 0 Å². The zero-order chi connectivity index (χ0) is 22.0. The van der Waals surface area contributed by atoms with Gasteiger partial charge in [0.05, 0.1) is 29.0 Å². The smallest absolute Gasteiger partial charge is 0.303 e. The molecule has 4 rings (SSSR count). The van der Waals surface area contributed by atoms with Gasteiger partial charge in [-0.3, -0.25) is 14.2 Å². The number of hydrogen-bond acceptors (Lipinski definition) is 5. The molecule has 158 valence electrons. The molecule has 1 amide bonds. The molecule has 0 radical (unpaired) electrons. The van der Waals surface area contributed by atoms with Crippen molar-refractivity contribution in [2.75, 3.05) is 0 Å². The monoisotopic (exact) mass is 435 g/mol. The van der Waals surface area contributed by atoms with Gasteiger partial charge < -0.3 is 21.1 Å². The highest BCUT2D eigenvalue weighted by Crippen LogP contribution is 2.35. The quantitative estimate of drug-likeness (QED) is 0.392. The van der Waals surface area contributed by atoms with E-state index in [1.807, 2.05) is 39.6 Å². The van der Waals surface area contributed by atoms with Gasteiger partial charge in [-0.15, -0.1) is 11.3 Å². The van der Waals surface area contributed by atoms with Crippen LogP contribution in [0, 0.1) is 0 Å². The van der Waals surface area contributed by atoms with E-state index >= 15 is 0 Å². The summed E-state index contributed by atoms with van der Waals surface area (Å²) in [5.74, 6) is -1.39. The highest BCUT2D eigenvalue weighted by Gasteiger charge is 2.18. The van der Waals surface area contributed by atoms with Crippen molar-refractivity contribution in [3.8, 4) is 21.3 Å². The average Bonchev–Trinajstić information content (AvgIpc) is 3.51. The lowest BCUT2D eigenvalue weighted by atomic mass is 10.1. The molecule has 0 saturated carbocycles. The number of thiophene rings is 1. The highest BCUT2D eigenvalue weighted by atomic mass is 32.1. The SMILES string of the molecule is NCc1cc(C(N)=O)ccc1-n1c(CCC(=O)O)ccc1-c1ccc(-n2ccnc2)s1. The minimum atomic E-state index is -0.865. The molecule has 0 atom stereocenters. The average molecular weight is 436 g/mol. The topological polar surface area (TPSA) is 129 Å². The van der Waals surface area contributed by atoms with E-state index in [0.29, 0.717) is 12.0 Å². The number of carbonyl (C=O) groups excluding carboxylic acids is 1. The second-order valence-corrected chi connectivity index (χ2v) is 8.02.